The molecule has 1 saturated carbocycles. The van der Waals surface area contributed by atoms with Crippen LogP contribution in [0.15, 0.2) is 109 Å². The number of hydrogen-bond acceptors (Lipinski definition) is 3. The van der Waals surface area contributed by atoms with E-state index in [0.717, 1.165) is 12.8 Å². The zero-order valence-electron chi connectivity index (χ0n) is 48.0. The van der Waals surface area contributed by atoms with Gasteiger partial charge in [0, 0.05) is 55.2 Å². The van der Waals surface area contributed by atoms with Crippen LogP contribution in [0.1, 0.15) is 202 Å². The first-order valence-corrected chi connectivity index (χ1v) is 30.1. The largest absolute Gasteiger partial charge is 0.311 e. The van der Waals surface area contributed by atoms with Crippen molar-refractivity contribution >= 4 is 88.7 Å². The quantitative estimate of drug-likeness (QED) is 0.151. The monoisotopic (exact) mass is 1010 g/mol. The molecule has 1 aromatic heterocycles. The van der Waals surface area contributed by atoms with Crippen LogP contribution in [-0.2, 0) is 32.5 Å². The minimum atomic E-state index is -0.177. The highest BCUT2D eigenvalue weighted by Gasteiger charge is 2.60. The number of anilines is 6. The van der Waals surface area contributed by atoms with Gasteiger partial charge in [-0.1, -0.05) is 163 Å². The topological polar surface area (TPSA) is 6.48 Å². The minimum Gasteiger partial charge on any atom is -0.311 e. The van der Waals surface area contributed by atoms with E-state index >= 15 is 0 Å². The van der Waals surface area contributed by atoms with E-state index in [-0.39, 0.29) is 50.5 Å². The predicted octanol–water partition coefficient (Wildman–Crippen LogP) is 18.1. The van der Waals surface area contributed by atoms with Gasteiger partial charge in [0.05, 0.1) is 10.4 Å². The Kier molecular flexibility index (Phi) is 9.37. The third-order valence-electron chi connectivity index (χ3n) is 22.3. The molecule has 3 aliphatic heterocycles. The third-order valence-corrected chi connectivity index (χ3v) is 23.5. The van der Waals surface area contributed by atoms with Gasteiger partial charge in [0.15, 0.2) is 0 Å². The van der Waals surface area contributed by atoms with Crippen molar-refractivity contribution in [2.24, 2.45) is 5.41 Å². The van der Waals surface area contributed by atoms with Gasteiger partial charge in [-0.05, 0) is 205 Å². The molecule has 0 spiro atoms. The first-order chi connectivity index (χ1) is 35.9. The summed E-state index contributed by atoms with van der Waals surface area (Å²) in [6.45, 7) is 35.5. The first kappa shape index (κ1) is 47.6. The van der Waals surface area contributed by atoms with Gasteiger partial charge in [-0.3, -0.25) is 0 Å². The fourth-order valence-corrected chi connectivity index (χ4v) is 18.8. The van der Waals surface area contributed by atoms with Gasteiger partial charge in [-0.2, -0.15) is 0 Å². The maximum atomic E-state index is 2.83. The number of hydrogen-bond donors (Lipinski definition) is 0. The van der Waals surface area contributed by atoms with Gasteiger partial charge < -0.3 is 9.80 Å². The Morgan fingerprint density at radius 1 is 0.513 bits per heavy atom. The van der Waals surface area contributed by atoms with E-state index in [1.807, 2.05) is 11.3 Å². The van der Waals surface area contributed by atoms with Crippen molar-refractivity contribution in [1.29, 1.82) is 0 Å². The number of nitrogens with zero attached hydrogens (tertiary/aromatic N) is 2. The standard InChI is InChI=1S/C72H77BN2S/c1-41-32-60-64-61(33-41)75-57-40-53-49(34-42(57)2)69(10,11)30-31-70(53,12)52-36-46-47(37-48(52)66(3,4)5)71(13)26-17-18-27-72(71,14)63(46)43-24-25-54(58(75)35-43)73(64)55-38-50-51(68(8,9)29-28-67(50,6)7)39-59(55)74(60)56-22-19-21-45-44-20-15-16-23-62(44)76-65(45)56/h15-16,19-25,32-40,63H,17-18,26-31H2,1-14H3. The Morgan fingerprint density at radius 2 is 1.14 bits per heavy atom. The summed E-state index contributed by atoms with van der Waals surface area (Å²) in [4.78, 5) is 5.56. The Labute approximate surface area is 458 Å². The summed E-state index contributed by atoms with van der Waals surface area (Å²) >= 11 is 1.96. The van der Waals surface area contributed by atoms with Crippen molar-refractivity contribution < 1.29 is 0 Å². The molecule has 384 valence electrons. The fourth-order valence-electron chi connectivity index (χ4n) is 17.6. The van der Waals surface area contributed by atoms with E-state index in [2.05, 4.69) is 216 Å². The van der Waals surface area contributed by atoms with E-state index < -0.39 is 0 Å². The van der Waals surface area contributed by atoms with Gasteiger partial charge in [-0.25, -0.2) is 0 Å². The van der Waals surface area contributed by atoms with Crippen LogP contribution in [0.25, 0.3) is 20.2 Å². The Hall–Kier alpha value is -5.58. The number of fused-ring (bicyclic) bond motifs is 17. The Balaban J connectivity index is 1.09. The van der Waals surface area contributed by atoms with E-state index in [1.165, 1.54) is 148 Å². The molecule has 7 aliphatic rings. The lowest BCUT2D eigenvalue weighted by molar-refractivity contribution is 0.0923. The van der Waals surface area contributed by atoms with Crippen LogP contribution in [0, 0.1) is 19.3 Å². The van der Waals surface area contributed by atoms with Crippen LogP contribution < -0.4 is 26.2 Å². The molecule has 7 aromatic carbocycles. The maximum absolute atomic E-state index is 2.83. The molecule has 4 unspecified atom stereocenters. The molecular weight excluding hydrogens is 936 g/mol. The summed E-state index contributed by atoms with van der Waals surface area (Å²) in [6, 6.07) is 45.8. The van der Waals surface area contributed by atoms with Crippen LogP contribution in [-0.4, -0.2) is 6.71 Å². The summed E-state index contributed by atoms with van der Waals surface area (Å²) in [5, 5.41) is 2.69. The van der Waals surface area contributed by atoms with Crippen LogP contribution in [0.3, 0.4) is 0 Å². The number of rotatable bonds is 1. The molecule has 2 nitrogen and oxygen atoms in total. The zero-order chi connectivity index (χ0) is 52.8. The predicted molar refractivity (Wildman–Crippen MR) is 328 cm³/mol. The average Bonchev–Trinajstić information content (AvgIpc) is 4.00. The highest BCUT2D eigenvalue weighted by Crippen LogP contribution is 2.69. The van der Waals surface area contributed by atoms with E-state index in [0.29, 0.717) is 0 Å². The highest BCUT2D eigenvalue weighted by molar-refractivity contribution is 7.26. The number of thiophene rings is 1. The molecule has 4 atom stereocenters. The molecule has 4 heterocycles. The van der Waals surface area contributed by atoms with Crippen molar-refractivity contribution in [1.82, 2.24) is 0 Å². The van der Waals surface area contributed by atoms with Gasteiger partial charge in [0.1, 0.15) is 0 Å². The summed E-state index contributed by atoms with van der Waals surface area (Å²) in [7, 11) is 0. The first-order valence-electron chi connectivity index (χ1n) is 29.3. The average molecular weight is 1010 g/mol. The van der Waals surface area contributed by atoms with Crippen molar-refractivity contribution in [2.75, 3.05) is 9.80 Å². The normalized spacial score (nSPS) is 25.6. The smallest absolute Gasteiger partial charge is 0.252 e. The van der Waals surface area contributed by atoms with Crippen LogP contribution >= 0.6 is 11.3 Å². The Morgan fingerprint density at radius 3 is 1.88 bits per heavy atom. The second-order valence-corrected chi connectivity index (χ2v) is 30.2. The lowest BCUT2D eigenvalue weighted by Crippen LogP contribution is -2.62. The van der Waals surface area contributed by atoms with Gasteiger partial charge in [0.2, 0.25) is 0 Å². The van der Waals surface area contributed by atoms with Crippen molar-refractivity contribution in [3.8, 4) is 0 Å². The minimum absolute atomic E-state index is 0.0194. The maximum Gasteiger partial charge on any atom is 0.252 e. The van der Waals surface area contributed by atoms with Crippen LogP contribution in [0.5, 0.6) is 0 Å². The van der Waals surface area contributed by atoms with Gasteiger partial charge >= 0.3 is 0 Å². The molecule has 76 heavy (non-hydrogen) atoms. The van der Waals surface area contributed by atoms with E-state index in [1.54, 1.807) is 22.3 Å². The molecule has 15 rings (SSSR count). The summed E-state index contributed by atoms with van der Waals surface area (Å²) < 4.78 is 2.71. The van der Waals surface area contributed by atoms with E-state index in [9.17, 15) is 0 Å². The molecular formula is C72H77BN2S. The molecule has 4 heteroatoms. The van der Waals surface area contributed by atoms with Crippen LogP contribution in [0.4, 0.5) is 34.1 Å². The molecule has 4 aliphatic carbocycles. The van der Waals surface area contributed by atoms with Gasteiger partial charge in [0.25, 0.3) is 6.71 Å². The second-order valence-electron chi connectivity index (χ2n) is 29.1. The highest BCUT2D eigenvalue weighted by atomic mass is 32.1. The lowest BCUT2D eigenvalue weighted by Gasteiger charge is -2.50. The third kappa shape index (κ3) is 5.96. The van der Waals surface area contributed by atoms with Crippen molar-refractivity contribution in [2.45, 2.75) is 187 Å². The SMILES string of the molecule is Cc1cc2c3c(c1)N(c1cccc4c1sc1ccccc14)c1cc4c(cc1B3c1ccc3cc1N2c1cc2c(cc1C)C(C)(C)CCC2(C)c1cc2c(cc1C(C)(C)C)C1(C)CCCCC1(C)C32)C(C)(C)CCC4(C)C. The fraction of sp³-hybridized carbons (Fsp3) is 0.417. The molecule has 0 N–H and O–H groups in total. The molecule has 8 aromatic rings. The number of aryl methyl sites for hydroxylation is 2. The summed E-state index contributed by atoms with van der Waals surface area (Å²) in [6.07, 6.45) is 9.75. The zero-order valence-corrected chi connectivity index (χ0v) is 48.8. The second kappa shape index (κ2) is 15.0. The molecule has 6 bridgehead atoms. The van der Waals surface area contributed by atoms with Crippen LogP contribution in [0.2, 0.25) is 0 Å². The van der Waals surface area contributed by atoms with Crippen molar-refractivity contribution in [3.63, 3.8) is 0 Å². The molecule has 0 radical (unpaired) electrons. The van der Waals surface area contributed by atoms with E-state index in [4.69, 9.17) is 0 Å². The Bertz CT molecular complexity index is 3910. The number of benzene rings is 7. The van der Waals surface area contributed by atoms with Gasteiger partial charge in [-0.15, -0.1) is 11.3 Å². The molecule has 0 saturated heterocycles. The lowest BCUT2D eigenvalue weighted by atomic mass is 9.33. The van der Waals surface area contributed by atoms with Crippen molar-refractivity contribution in [3.05, 3.63) is 170 Å². The molecule has 1 fully saturated rings. The molecule has 0 amide bonds. The summed E-state index contributed by atoms with van der Waals surface area (Å²) in [5.41, 5.74) is 29.1. The summed E-state index contributed by atoms with van der Waals surface area (Å²) in [5.74, 6) is 0.287.